The van der Waals surface area contributed by atoms with Gasteiger partial charge in [0, 0.05) is 19.8 Å². The average molecular weight is 672 g/mol. The van der Waals surface area contributed by atoms with Crippen molar-refractivity contribution in [2.24, 2.45) is 0 Å². The second-order valence-electron chi connectivity index (χ2n) is 9.28. The molecule has 5 unspecified atom stereocenters. The van der Waals surface area contributed by atoms with Gasteiger partial charge in [-0.3, -0.25) is 41.6 Å². The summed E-state index contributed by atoms with van der Waals surface area (Å²) in [6.07, 6.45) is -14.2. The van der Waals surface area contributed by atoms with E-state index in [4.69, 9.17) is 43.1 Å². The van der Waals surface area contributed by atoms with Crippen molar-refractivity contribution in [1.82, 2.24) is 0 Å². The standard InChI is InChI=1S/C21H39O18P3/c1-4-7-34-16-17(35-8-5-2)19(37-40(28,29)10-13(22)23)21(39-42(32,33)12-15(26)27)20(18(16)36-9-6-3)38-41(30,31)11-14(24)25/h16-21H,4-12H2,1-3H3,(H,22,23)(H,24,25)(H,26,27)(H,28,29)(H,30,31)(H,32,33)/t16?,17-,18+,19-,20-,21?/m0/s1. The summed E-state index contributed by atoms with van der Waals surface area (Å²) in [6.45, 7) is 4.94. The Morgan fingerprint density at radius 3 is 0.929 bits per heavy atom. The van der Waals surface area contributed by atoms with Gasteiger partial charge in [0.15, 0.2) is 0 Å². The Morgan fingerprint density at radius 1 is 0.500 bits per heavy atom. The van der Waals surface area contributed by atoms with Gasteiger partial charge in [-0.1, -0.05) is 20.8 Å². The molecule has 1 rings (SSSR count). The Kier molecular flexibility index (Phi) is 16.0. The summed E-state index contributed by atoms with van der Waals surface area (Å²) in [4.78, 5) is 64.9. The molecule has 18 nitrogen and oxygen atoms in total. The minimum absolute atomic E-state index is 0.0110. The second kappa shape index (κ2) is 17.3. The topological polar surface area (TPSA) is 279 Å². The van der Waals surface area contributed by atoms with Gasteiger partial charge in [-0.25, -0.2) is 0 Å². The van der Waals surface area contributed by atoms with Crippen molar-refractivity contribution in [3.8, 4) is 0 Å². The molecule has 0 amide bonds. The molecule has 0 spiro atoms. The highest BCUT2D eigenvalue weighted by atomic mass is 31.2. The largest absolute Gasteiger partial charge is 0.481 e. The molecule has 0 heterocycles. The molecule has 0 bridgehead atoms. The van der Waals surface area contributed by atoms with E-state index in [0.717, 1.165) is 0 Å². The summed E-state index contributed by atoms with van der Waals surface area (Å²) in [5.74, 6) is -5.34. The summed E-state index contributed by atoms with van der Waals surface area (Å²) >= 11 is 0. The molecule has 42 heavy (non-hydrogen) atoms. The van der Waals surface area contributed by atoms with Gasteiger partial charge in [0.2, 0.25) is 0 Å². The van der Waals surface area contributed by atoms with Crippen LogP contribution in [0.25, 0.3) is 0 Å². The van der Waals surface area contributed by atoms with Crippen molar-refractivity contribution >= 4 is 40.7 Å². The molecule has 0 aromatic heterocycles. The van der Waals surface area contributed by atoms with E-state index >= 15 is 0 Å². The maximum absolute atomic E-state index is 12.8. The first-order valence-electron chi connectivity index (χ1n) is 12.9. The number of carbonyl (C=O) groups is 3. The first-order chi connectivity index (χ1) is 19.4. The normalized spacial score (nSPS) is 28.7. The minimum Gasteiger partial charge on any atom is -0.481 e. The molecule has 0 aromatic rings. The van der Waals surface area contributed by atoms with Crippen LogP contribution in [0.1, 0.15) is 40.0 Å². The molecule has 0 aliphatic heterocycles. The fourth-order valence-electron chi connectivity index (χ4n) is 4.01. The Bertz CT molecular complexity index is 993. The quantitative estimate of drug-likeness (QED) is 0.0938. The van der Waals surface area contributed by atoms with Crippen LogP contribution in [0.2, 0.25) is 0 Å². The molecule has 1 fully saturated rings. The molecule has 246 valence electrons. The summed E-state index contributed by atoms with van der Waals surface area (Å²) < 4.78 is 71.7. The molecule has 0 aromatic carbocycles. The molecule has 0 radical (unpaired) electrons. The maximum atomic E-state index is 12.8. The van der Waals surface area contributed by atoms with Crippen LogP contribution in [0.5, 0.6) is 0 Å². The van der Waals surface area contributed by atoms with Crippen molar-refractivity contribution in [2.45, 2.75) is 76.7 Å². The van der Waals surface area contributed by atoms with E-state index < -0.39 is 95.8 Å². The van der Waals surface area contributed by atoms with E-state index in [9.17, 15) is 42.8 Å². The Hall–Kier alpha value is -1.26. The lowest BCUT2D eigenvalue weighted by Gasteiger charge is -2.49. The predicted molar refractivity (Wildman–Crippen MR) is 142 cm³/mol. The summed E-state index contributed by atoms with van der Waals surface area (Å²) in [5.41, 5.74) is 0. The molecule has 9 atom stereocenters. The predicted octanol–water partition coefficient (Wildman–Crippen LogP) is 1.35. The Morgan fingerprint density at radius 2 is 0.714 bits per heavy atom. The van der Waals surface area contributed by atoms with Gasteiger partial charge in [-0.15, -0.1) is 0 Å². The second-order valence-corrected chi connectivity index (χ2v) is 14.7. The van der Waals surface area contributed by atoms with Gasteiger partial charge < -0.3 is 44.2 Å². The van der Waals surface area contributed by atoms with E-state index in [0.29, 0.717) is 19.3 Å². The number of rotatable bonds is 21. The van der Waals surface area contributed by atoms with Gasteiger partial charge in [-0.05, 0) is 19.3 Å². The Balaban J connectivity index is 3.96. The summed E-state index contributed by atoms with van der Waals surface area (Å²) in [5, 5.41) is 27.3. The highest BCUT2D eigenvalue weighted by Crippen LogP contribution is 2.54. The highest BCUT2D eigenvalue weighted by Gasteiger charge is 2.59. The highest BCUT2D eigenvalue weighted by molar-refractivity contribution is 7.54. The van der Waals surface area contributed by atoms with Crippen molar-refractivity contribution in [3.63, 3.8) is 0 Å². The van der Waals surface area contributed by atoms with Gasteiger partial charge in [-0.2, -0.15) is 0 Å². The molecular formula is C21H39O18P3. The summed E-state index contributed by atoms with van der Waals surface area (Å²) in [7, 11) is -15.5. The molecule has 21 heteroatoms. The van der Waals surface area contributed by atoms with Crippen molar-refractivity contribution in [1.29, 1.82) is 0 Å². The lowest BCUT2D eigenvalue weighted by molar-refractivity contribution is -0.244. The lowest BCUT2D eigenvalue weighted by Crippen LogP contribution is -2.67. The number of hydrogen-bond donors (Lipinski definition) is 6. The zero-order chi connectivity index (χ0) is 32.3. The number of aliphatic carboxylic acids is 3. The monoisotopic (exact) mass is 672 g/mol. The molecular weight excluding hydrogens is 633 g/mol. The number of hydrogen-bond acceptors (Lipinski definition) is 12. The van der Waals surface area contributed by atoms with E-state index in [1.54, 1.807) is 20.8 Å². The third-order valence-electron chi connectivity index (χ3n) is 5.35. The minimum atomic E-state index is -5.21. The van der Waals surface area contributed by atoms with E-state index in [1.807, 2.05) is 0 Å². The van der Waals surface area contributed by atoms with Crippen molar-refractivity contribution in [2.75, 3.05) is 38.3 Å². The SMILES string of the molecule is CCCOC1[C@@H](OCCC)[C@H](OP(=O)(O)CC(=O)O)C(OP(=O)(O)CC(=O)O)[C@@H](OP(=O)(O)CC(=O)O)[C@H]1OCCC. The molecule has 6 N–H and O–H groups in total. The van der Waals surface area contributed by atoms with E-state index in [2.05, 4.69) is 0 Å². The molecule has 1 aliphatic carbocycles. The fraction of sp³-hybridized carbons (Fsp3) is 0.857. The van der Waals surface area contributed by atoms with Gasteiger partial charge >= 0.3 is 40.7 Å². The maximum Gasteiger partial charge on any atom is 0.339 e. The van der Waals surface area contributed by atoms with E-state index in [-0.39, 0.29) is 19.8 Å². The zero-order valence-corrected chi connectivity index (χ0v) is 25.9. The van der Waals surface area contributed by atoms with Crippen LogP contribution in [0.15, 0.2) is 0 Å². The van der Waals surface area contributed by atoms with Crippen LogP contribution in [-0.2, 0) is 55.9 Å². The van der Waals surface area contributed by atoms with Crippen molar-refractivity contribution in [3.05, 3.63) is 0 Å². The third-order valence-corrected chi connectivity index (χ3v) is 9.08. The van der Waals surface area contributed by atoms with E-state index in [1.165, 1.54) is 0 Å². The first-order valence-corrected chi connectivity index (χ1v) is 18.2. The molecule has 1 saturated carbocycles. The van der Waals surface area contributed by atoms with Crippen molar-refractivity contribution < 1.29 is 85.9 Å². The number of carboxylic acids is 3. The van der Waals surface area contributed by atoms with Gasteiger partial charge in [0.1, 0.15) is 55.1 Å². The Labute approximate surface area is 241 Å². The van der Waals surface area contributed by atoms with Crippen LogP contribution >= 0.6 is 22.8 Å². The fourth-order valence-corrected chi connectivity index (χ4v) is 7.12. The van der Waals surface area contributed by atoms with Crippen LogP contribution in [-0.4, -0.2) is 123 Å². The number of carboxylic acid groups (broad SMARTS) is 3. The number of ether oxygens (including phenoxy) is 3. The zero-order valence-electron chi connectivity index (χ0n) is 23.3. The van der Waals surface area contributed by atoms with Crippen LogP contribution in [0.3, 0.4) is 0 Å². The lowest BCUT2D eigenvalue weighted by atomic mass is 9.84. The van der Waals surface area contributed by atoms with Crippen LogP contribution < -0.4 is 0 Å². The summed E-state index contributed by atoms with van der Waals surface area (Å²) in [6, 6.07) is 0. The first kappa shape index (κ1) is 38.8. The smallest absolute Gasteiger partial charge is 0.339 e. The van der Waals surface area contributed by atoms with Gasteiger partial charge in [0.05, 0.1) is 0 Å². The average Bonchev–Trinajstić information content (AvgIpc) is 2.80. The molecule has 1 aliphatic rings. The van der Waals surface area contributed by atoms with Crippen LogP contribution in [0, 0.1) is 0 Å². The molecule has 0 saturated heterocycles. The third kappa shape index (κ3) is 13.2. The van der Waals surface area contributed by atoms with Gasteiger partial charge in [0.25, 0.3) is 0 Å². The van der Waals surface area contributed by atoms with Crippen LogP contribution in [0.4, 0.5) is 0 Å².